The van der Waals surface area contributed by atoms with E-state index in [1.807, 2.05) is 0 Å². The molecule has 2 saturated carbocycles. The van der Waals surface area contributed by atoms with Crippen LogP contribution in [0, 0.1) is 11.8 Å². The minimum atomic E-state index is 0.450. The molecule has 1 atom stereocenters. The topological polar surface area (TPSA) is 17.1 Å². The molecule has 1 unspecified atom stereocenters. The Kier molecular flexibility index (Phi) is 4.22. The summed E-state index contributed by atoms with van der Waals surface area (Å²) in [6, 6.07) is 0. The Morgan fingerprint density at radius 2 is 1.33 bits per heavy atom. The van der Waals surface area contributed by atoms with Gasteiger partial charge < -0.3 is 0 Å². The van der Waals surface area contributed by atoms with E-state index >= 15 is 0 Å². The standard InChI is InChI=1S/C14H24O/c15-14-11-7-3-6-10-13(14)12-8-4-1-2-5-9-12/h12-13H,1-11H2. The maximum Gasteiger partial charge on any atom is 0.136 e. The van der Waals surface area contributed by atoms with E-state index in [9.17, 15) is 4.79 Å². The second-order valence-electron chi connectivity index (χ2n) is 5.42. The fourth-order valence-corrected chi connectivity index (χ4v) is 3.40. The molecule has 0 aliphatic heterocycles. The van der Waals surface area contributed by atoms with Gasteiger partial charge in [0.2, 0.25) is 0 Å². The first kappa shape index (κ1) is 11.2. The quantitative estimate of drug-likeness (QED) is 0.593. The predicted molar refractivity (Wildman–Crippen MR) is 62.8 cm³/mol. The third kappa shape index (κ3) is 3.06. The smallest absolute Gasteiger partial charge is 0.136 e. The van der Waals surface area contributed by atoms with Gasteiger partial charge in [-0.3, -0.25) is 4.79 Å². The van der Waals surface area contributed by atoms with Crippen LogP contribution in [-0.4, -0.2) is 5.78 Å². The van der Waals surface area contributed by atoms with Crippen LogP contribution in [0.3, 0.4) is 0 Å². The summed E-state index contributed by atoms with van der Waals surface area (Å²) in [5.74, 6) is 1.79. The van der Waals surface area contributed by atoms with Gasteiger partial charge in [-0.2, -0.15) is 0 Å². The molecule has 2 aliphatic rings. The van der Waals surface area contributed by atoms with Crippen molar-refractivity contribution in [3.63, 3.8) is 0 Å². The summed E-state index contributed by atoms with van der Waals surface area (Å²) in [5.41, 5.74) is 0. The third-order valence-corrected chi connectivity index (χ3v) is 4.32. The molecule has 0 saturated heterocycles. The van der Waals surface area contributed by atoms with E-state index in [1.54, 1.807) is 0 Å². The number of Topliss-reactive ketones (excluding diaryl/α,β-unsaturated/α-hetero) is 1. The van der Waals surface area contributed by atoms with E-state index in [4.69, 9.17) is 0 Å². The van der Waals surface area contributed by atoms with Gasteiger partial charge in [0.05, 0.1) is 0 Å². The normalized spacial score (nSPS) is 30.9. The molecule has 2 aliphatic carbocycles. The number of hydrogen-bond acceptors (Lipinski definition) is 1. The Bertz CT molecular complexity index is 201. The molecule has 0 aromatic rings. The molecule has 0 radical (unpaired) electrons. The molecular formula is C14H24O. The molecule has 2 fully saturated rings. The lowest BCUT2D eigenvalue weighted by Crippen LogP contribution is -2.22. The van der Waals surface area contributed by atoms with Crippen LogP contribution in [0.2, 0.25) is 0 Å². The van der Waals surface area contributed by atoms with E-state index < -0.39 is 0 Å². The van der Waals surface area contributed by atoms with Crippen LogP contribution >= 0.6 is 0 Å². The average Bonchev–Trinajstić information content (AvgIpc) is 2.59. The van der Waals surface area contributed by atoms with Gasteiger partial charge in [0.15, 0.2) is 0 Å². The van der Waals surface area contributed by atoms with Gasteiger partial charge >= 0.3 is 0 Å². The van der Waals surface area contributed by atoms with Crippen LogP contribution in [0.4, 0.5) is 0 Å². The van der Waals surface area contributed by atoms with Crippen molar-refractivity contribution in [2.75, 3.05) is 0 Å². The van der Waals surface area contributed by atoms with Crippen LogP contribution in [-0.2, 0) is 4.79 Å². The van der Waals surface area contributed by atoms with Crippen LogP contribution in [0.25, 0.3) is 0 Å². The monoisotopic (exact) mass is 208 g/mol. The molecule has 1 nitrogen and oxygen atoms in total. The summed E-state index contributed by atoms with van der Waals surface area (Å²) in [4.78, 5) is 12.0. The highest BCUT2D eigenvalue weighted by molar-refractivity contribution is 5.81. The van der Waals surface area contributed by atoms with Crippen molar-refractivity contribution in [2.24, 2.45) is 11.8 Å². The van der Waals surface area contributed by atoms with Crippen molar-refractivity contribution in [1.29, 1.82) is 0 Å². The molecule has 0 heterocycles. The molecule has 0 amide bonds. The molecule has 0 aromatic carbocycles. The first-order chi connectivity index (χ1) is 7.38. The Balaban J connectivity index is 1.95. The summed E-state index contributed by atoms with van der Waals surface area (Å²) in [5, 5.41) is 0. The van der Waals surface area contributed by atoms with Crippen LogP contribution in [0.1, 0.15) is 70.6 Å². The summed E-state index contributed by atoms with van der Waals surface area (Å²) < 4.78 is 0. The number of ketones is 1. The van der Waals surface area contributed by atoms with Crippen molar-refractivity contribution < 1.29 is 4.79 Å². The van der Waals surface area contributed by atoms with E-state index in [0.29, 0.717) is 11.7 Å². The molecule has 15 heavy (non-hydrogen) atoms. The van der Waals surface area contributed by atoms with Crippen molar-refractivity contribution in [3.05, 3.63) is 0 Å². The number of carbonyl (C=O) groups excluding carboxylic acids is 1. The van der Waals surface area contributed by atoms with Crippen molar-refractivity contribution >= 4 is 5.78 Å². The predicted octanol–water partition coefficient (Wildman–Crippen LogP) is 4.11. The molecule has 0 aromatic heterocycles. The Labute approximate surface area is 93.6 Å². The summed E-state index contributed by atoms with van der Waals surface area (Å²) in [6.45, 7) is 0. The molecule has 86 valence electrons. The average molecular weight is 208 g/mol. The van der Waals surface area contributed by atoms with Crippen LogP contribution < -0.4 is 0 Å². The van der Waals surface area contributed by atoms with E-state index in [0.717, 1.165) is 18.8 Å². The molecule has 1 heteroatoms. The minimum Gasteiger partial charge on any atom is -0.299 e. The van der Waals surface area contributed by atoms with Gasteiger partial charge in [-0.05, 0) is 31.6 Å². The second kappa shape index (κ2) is 5.67. The van der Waals surface area contributed by atoms with Gasteiger partial charge in [-0.25, -0.2) is 0 Å². The van der Waals surface area contributed by atoms with Gasteiger partial charge in [0.1, 0.15) is 5.78 Å². The lowest BCUT2D eigenvalue weighted by molar-refractivity contribution is -0.124. The number of hydrogen-bond donors (Lipinski definition) is 0. The number of rotatable bonds is 1. The van der Waals surface area contributed by atoms with Gasteiger partial charge in [0, 0.05) is 12.3 Å². The number of carbonyl (C=O) groups is 1. The highest BCUT2D eigenvalue weighted by Crippen LogP contribution is 2.34. The van der Waals surface area contributed by atoms with Crippen molar-refractivity contribution in [2.45, 2.75) is 70.6 Å². The lowest BCUT2D eigenvalue weighted by atomic mass is 9.81. The van der Waals surface area contributed by atoms with Gasteiger partial charge in [-0.1, -0.05) is 38.5 Å². The molecule has 2 rings (SSSR count). The lowest BCUT2D eigenvalue weighted by Gasteiger charge is -2.23. The van der Waals surface area contributed by atoms with Crippen LogP contribution in [0.5, 0.6) is 0 Å². The molecular weight excluding hydrogens is 184 g/mol. The SMILES string of the molecule is O=C1CCCCCC1C1CCCCCC1. The highest BCUT2D eigenvalue weighted by Gasteiger charge is 2.29. The molecule has 0 bridgehead atoms. The summed E-state index contributed by atoms with van der Waals surface area (Å²) >= 11 is 0. The van der Waals surface area contributed by atoms with Gasteiger partial charge in [0.25, 0.3) is 0 Å². The molecule has 0 N–H and O–H groups in total. The summed E-state index contributed by atoms with van der Waals surface area (Å²) in [7, 11) is 0. The largest absolute Gasteiger partial charge is 0.299 e. The van der Waals surface area contributed by atoms with E-state index in [-0.39, 0.29) is 0 Å². The fraction of sp³-hybridized carbons (Fsp3) is 0.929. The minimum absolute atomic E-state index is 0.450. The van der Waals surface area contributed by atoms with Crippen LogP contribution in [0.15, 0.2) is 0 Å². The maximum absolute atomic E-state index is 12.0. The zero-order valence-electron chi connectivity index (χ0n) is 9.84. The summed E-state index contributed by atoms with van der Waals surface area (Å²) in [6.07, 6.45) is 14.0. The van der Waals surface area contributed by atoms with Crippen molar-refractivity contribution in [1.82, 2.24) is 0 Å². The second-order valence-corrected chi connectivity index (χ2v) is 5.42. The zero-order chi connectivity index (χ0) is 10.5. The van der Waals surface area contributed by atoms with E-state index in [1.165, 1.54) is 57.8 Å². The fourth-order valence-electron chi connectivity index (χ4n) is 3.40. The highest BCUT2D eigenvalue weighted by atomic mass is 16.1. The third-order valence-electron chi connectivity index (χ3n) is 4.32. The van der Waals surface area contributed by atoms with E-state index in [2.05, 4.69) is 0 Å². The Hall–Kier alpha value is -0.330. The first-order valence-electron chi connectivity index (χ1n) is 6.90. The zero-order valence-corrected chi connectivity index (χ0v) is 9.84. The van der Waals surface area contributed by atoms with Crippen molar-refractivity contribution in [3.8, 4) is 0 Å². The maximum atomic E-state index is 12.0. The first-order valence-corrected chi connectivity index (χ1v) is 6.90. The molecule has 0 spiro atoms. The van der Waals surface area contributed by atoms with Gasteiger partial charge in [-0.15, -0.1) is 0 Å². The Morgan fingerprint density at radius 3 is 2.07 bits per heavy atom. The Morgan fingerprint density at radius 1 is 0.733 bits per heavy atom.